The van der Waals surface area contributed by atoms with Crippen LogP contribution >= 0.6 is 0 Å². The summed E-state index contributed by atoms with van der Waals surface area (Å²) in [5.41, 5.74) is 2.63. The lowest BCUT2D eigenvalue weighted by Crippen LogP contribution is -2.03. The van der Waals surface area contributed by atoms with E-state index in [2.05, 4.69) is 18.9 Å². The zero-order valence-corrected chi connectivity index (χ0v) is 11.8. The highest BCUT2D eigenvalue weighted by atomic mass is 16.5. The van der Waals surface area contributed by atoms with Crippen molar-refractivity contribution in [2.45, 2.75) is 32.9 Å². The molecule has 1 unspecified atom stereocenters. The van der Waals surface area contributed by atoms with Gasteiger partial charge >= 0.3 is 0 Å². The molecule has 0 saturated carbocycles. The third kappa shape index (κ3) is 2.79. The lowest BCUT2D eigenvalue weighted by atomic mass is 10.0. The Kier molecular flexibility index (Phi) is 3.90. The van der Waals surface area contributed by atoms with E-state index in [4.69, 9.17) is 4.74 Å². The molecule has 2 rings (SSSR count). The summed E-state index contributed by atoms with van der Waals surface area (Å²) >= 11 is 0. The molecule has 0 fully saturated rings. The Labute approximate surface area is 113 Å². The first-order valence-corrected chi connectivity index (χ1v) is 6.39. The Balaban J connectivity index is 2.37. The smallest absolute Gasteiger partial charge is 0.125 e. The Morgan fingerprint density at radius 3 is 2.63 bits per heavy atom. The van der Waals surface area contributed by atoms with E-state index in [0.29, 0.717) is 5.75 Å². The minimum absolute atomic E-state index is 0.278. The number of rotatable bonds is 4. The standard InChI is InChI=1S/C15H20N2O2/c1-10(2)17-9-12(8-16-17)15(18)13-7-11(3)5-6-14(13)19-4/h5-10,15,18H,1-4H3. The fourth-order valence-corrected chi connectivity index (χ4v) is 2.02. The van der Waals surface area contributed by atoms with Crippen LogP contribution < -0.4 is 4.74 Å². The molecule has 0 aliphatic carbocycles. The number of aromatic nitrogens is 2. The highest BCUT2D eigenvalue weighted by Gasteiger charge is 2.17. The first-order valence-electron chi connectivity index (χ1n) is 6.39. The van der Waals surface area contributed by atoms with Crippen molar-refractivity contribution in [3.05, 3.63) is 47.3 Å². The highest BCUT2D eigenvalue weighted by Crippen LogP contribution is 2.30. The van der Waals surface area contributed by atoms with Gasteiger partial charge in [-0.15, -0.1) is 0 Å². The van der Waals surface area contributed by atoms with Crippen molar-refractivity contribution in [1.82, 2.24) is 9.78 Å². The fraction of sp³-hybridized carbons (Fsp3) is 0.400. The highest BCUT2D eigenvalue weighted by molar-refractivity contribution is 5.41. The molecule has 4 heteroatoms. The van der Waals surface area contributed by atoms with E-state index in [9.17, 15) is 5.11 Å². The lowest BCUT2D eigenvalue weighted by molar-refractivity contribution is 0.214. The normalized spacial score (nSPS) is 12.7. The van der Waals surface area contributed by atoms with Gasteiger partial charge in [-0.1, -0.05) is 11.6 Å². The third-order valence-corrected chi connectivity index (χ3v) is 3.15. The van der Waals surface area contributed by atoms with Crippen molar-refractivity contribution in [2.24, 2.45) is 0 Å². The van der Waals surface area contributed by atoms with Crippen LogP contribution in [-0.4, -0.2) is 22.0 Å². The molecule has 0 bridgehead atoms. The van der Waals surface area contributed by atoms with Gasteiger partial charge in [0.25, 0.3) is 0 Å². The minimum atomic E-state index is -0.720. The molecule has 0 spiro atoms. The number of aryl methyl sites for hydroxylation is 1. The molecular weight excluding hydrogens is 240 g/mol. The predicted octanol–water partition coefficient (Wildman–Crippen LogP) is 2.86. The molecule has 1 N–H and O–H groups in total. The quantitative estimate of drug-likeness (QED) is 0.919. The molecule has 0 aliphatic heterocycles. The van der Waals surface area contributed by atoms with Crippen LogP contribution in [0.4, 0.5) is 0 Å². The number of methoxy groups -OCH3 is 1. The van der Waals surface area contributed by atoms with Crippen LogP contribution in [0.25, 0.3) is 0 Å². The summed E-state index contributed by atoms with van der Waals surface area (Å²) in [4.78, 5) is 0. The average molecular weight is 260 g/mol. The van der Waals surface area contributed by atoms with Gasteiger partial charge in [0.1, 0.15) is 11.9 Å². The van der Waals surface area contributed by atoms with E-state index in [1.54, 1.807) is 13.3 Å². The molecular formula is C15H20N2O2. The third-order valence-electron chi connectivity index (χ3n) is 3.15. The van der Waals surface area contributed by atoms with Crippen LogP contribution in [0.15, 0.2) is 30.6 Å². The van der Waals surface area contributed by atoms with E-state index in [0.717, 1.165) is 16.7 Å². The van der Waals surface area contributed by atoms with E-state index in [1.807, 2.05) is 36.0 Å². The molecule has 0 radical (unpaired) electrons. The Morgan fingerprint density at radius 2 is 2.05 bits per heavy atom. The second-order valence-electron chi connectivity index (χ2n) is 5.00. The zero-order valence-electron chi connectivity index (χ0n) is 11.8. The SMILES string of the molecule is COc1ccc(C)cc1C(O)c1cnn(C(C)C)c1. The van der Waals surface area contributed by atoms with Gasteiger partial charge in [-0.25, -0.2) is 0 Å². The average Bonchev–Trinajstić information content (AvgIpc) is 2.87. The first-order chi connectivity index (χ1) is 9.02. The van der Waals surface area contributed by atoms with E-state index < -0.39 is 6.10 Å². The van der Waals surface area contributed by atoms with Crippen molar-refractivity contribution >= 4 is 0 Å². The van der Waals surface area contributed by atoms with Crippen LogP contribution in [0, 0.1) is 6.92 Å². The first kappa shape index (κ1) is 13.6. The van der Waals surface area contributed by atoms with Crippen molar-refractivity contribution in [3.63, 3.8) is 0 Å². The van der Waals surface area contributed by atoms with Gasteiger partial charge in [-0.3, -0.25) is 4.68 Å². The second kappa shape index (κ2) is 5.45. The van der Waals surface area contributed by atoms with Crippen LogP contribution in [0.2, 0.25) is 0 Å². The van der Waals surface area contributed by atoms with Gasteiger partial charge in [0, 0.05) is 23.4 Å². The monoisotopic (exact) mass is 260 g/mol. The number of aliphatic hydroxyl groups is 1. The van der Waals surface area contributed by atoms with E-state index in [-0.39, 0.29) is 6.04 Å². The molecule has 0 saturated heterocycles. The molecule has 0 aliphatic rings. The lowest BCUT2D eigenvalue weighted by Gasteiger charge is -2.14. The second-order valence-corrected chi connectivity index (χ2v) is 5.00. The molecule has 1 aromatic heterocycles. The van der Waals surface area contributed by atoms with Crippen LogP contribution in [0.5, 0.6) is 5.75 Å². The summed E-state index contributed by atoms with van der Waals surface area (Å²) in [6.07, 6.45) is 2.85. The molecule has 19 heavy (non-hydrogen) atoms. The maximum atomic E-state index is 10.5. The molecule has 1 atom stereocenters. The van der Waals surface area contributed by atoms with Crippen LogP contribution in [0.1, 0.15) is 42.7 Å². The van der Waals surface area contributed by atoms with Gasteiger partial charge in [-0.2, -0.15) is 5.10 Å². The number of nitrogens with zero attached hydrogens (tertiary/aromatic N) is 2. The molecule has 1 heterocycles. The number of benzene rings is 1. The Hall–Kier alpha value is -1.81. The van der Waals surface area contributed by atoms with Gasteiger partial charge in [-0.05, 0) is 32.9 Å². The van der Waals surface area contributed by atoms with Crippen LogP contribution in [-0.2, 0) is 0 Å². The molecule has 0 amide bonds. The van der Waals surface area contributed by atoms with Gasteiger partial charge in [0.2, 0.25) is 0 Å². The van der Waals surface area contributed by atoms with Crippen molar-refractivity contribution in [2.75, 3.05) is 7.11 Å². The topological polar surface area (TPSA) is 47.3 Å². The molecule has 4 nitrogen and oxygen atoms in total. The Bertz CT molecular complexity index is 561. The van der Waals surface area contributed by atoms with Gasteiger partial charge < -0.3 is 9.84 Å². The molecule has 102 valence electrons. The van der Waals surface area contributed by atoms with Crippen molar-refractivity contribution in [3.8, 4) is 5.75 Å². The number of ether oxygens (including phenoxy) is 1. The maximum Gasteiger partial charge on any atom is 0.125 e. The van der Waals surface area contributed by atoms with E-state index in [1.165, 1.54) is 0 Å². The number of hydrogen-bond donors (Lipinski definition) is 1. The summed E-state index contributed by atoms with van der Waals surface area (Å²) in [5.74, 6) is 0.690. The Morgan fingerprint density at radius 1 is 1.32 bits per heavy atom. The summed E-state index contributed by atoms with van der Waals surface area (Å²) in [7, 11) is 1.61. The fourth-order valence-electron chi connectivity index (χ4n) is 2.02. The zero-order chi connectivity index (χ0) is 14.0. The molecule has 1 aromatic carbocycles. The summed E-state index contributed by atoms with van der Waals surface area (Å²) in [6.45, 7) is 6.10. The van der Waals surface area contributed by atoms with E-state index >= 15 is 0 Å². The van der Waals surface area contributed by atoms with Crippen LogP contribution in [0.3, 0.4) is 0 Å². The minimum Gasteiger partial charge on any atom is -0.496 e. The largest absolute Gasteiger partial charge is 0.496 e. The molecule has 2 aromatic rings. The maximum absolute atomic E-state index is 10.5. The predicted molar refractivity (Wildman–Crippen MR) is 74.4 cm³/mol. The summed E-state index contributed by atoms with van der Waals surface area (Å²) < 4.78 is 7.14. The number of hydrogen-bond acceptors (Lipinski definition) is 3. The van der Waals surface area contributed by atoms with Crippen molar-refractivity contribution in [1.29, 1.82) is 0 Å². The van der Waals surface area contributed by atoms with Crippen molar-refractivity contribution < 1.29 is 9.84 Å². The van der Waals surface area contributed by atoms with Gasteiger partial charge in [0.15, 0.2) is 0 Å². The summed E-state index contributed by atoms with van der Waals surface area (Å²) in [6, 6.07) is 6.06. The summed E-state index contributed by atoms with van der Waals surface area (Å²) in [5, 5.41) is 14.7. The number of aliphatic hydroxyl groups excluding tert-OH is 1. The van der Waals surface area contributed by atoms with Gasteiger partial charge in [0.05, 0.1) is 13.3 Å².